The van der Waals surface area contributed by atoms with Crippen LogP contribution >= 0.6 is 0 Å². The van der Waals surface area contributed by atoms with Crippen LogP contribution in [0.3, 0.4) is 0 Å². The van der Waals surface area contributed by atoms with Crippen LogP contribution in [0.2, 0.25) is 0 Å². The number of amides is 3. The summed E-state index contributed by atoms with van der Waals surface area (Å²) in [6.45, 7) is 6.29. The average molecular weight is 265 g/mol. The Morgan fingerprint density at radius 2 is 1.74 bits per heavy atom. The maximum absolute atomic E-state index is 11.6. The second-order valence-electron chi connectivity index (χ2n) is 5.10. The fraction of sp³-hybridized carbons (Fsp3) is 0.385. The summed E-state index contributed by atoms with van der Waals surface area (Å²) in [4.78, 5) is 22.6. The highest BCUT2D eigenvalue weighted by atomic mass is 16.5. The topological polar surface area (TPSA) is 84.7 Å². The van der Waals surface area contributed by atoms with Crippen LogP contribution in [-0.2, 0) is 10.2 Å². The van der Waals surface area contributed by atoms with E-state index in [1.165, 1.54) is 0 Å². The molecule has 0 heterocycles. The summed E-state index contributed by atoms with van der Waals surface area (Å²) in [6.07, 6.45) is -0.927. The number of urea groups is 1. The predicted octanol–water partition coefficient (Wildman–Crippen LogP) is 2.46. The van der Waals surface area contributed by atoms with Gasteiger partial charge in [-0.3, -0.25) is 0 Å². The molecule has 0 aliphatic rings. The molecule has 0 fully saturated rings. The highest BCUT2D eigenvalue weighted by molar-refractivity contribution is 5.98. The van der Waals surface area contributed by atoms with Crippen LogP contribution in [-0.4, -0.2) is 24.2 Å². The Kier molecular flexibility index (Phi) is 4.50. The summed E-state index contributed by atoms with van der Waals surface area (Å²) in [5, 5.41) is 2.87. The first kappa shape index (κ1) is 15.0. The molecule has 0 unspecified atom stereocenters. The van der Waals surface area contributed by atoms with E-state index in [2.05, 4.69) is 30.8 Å². The van der Waals surface area contributed by atoms with E-state index in [1.807, 2.05) is 12.1 Å². The van der Waals surface area contributed by atoms with Crippen molar-refractivity contribution in [3.8, 4) is 0 Å². The van der Waals surface area contributed by atoms with Gasteiger partial charge in [0, 0.05) is 5.69 Å². The van der Waals surface area contributed by atoms with E-state index >= 15 is 0 Å². The van der Waals surface area contributed by atoms with Gasteiger partial charge < -0.3 is 10.1 Å². The number of hydrazine groups is 1. The zero-order valence-corrected chi connectivity index (χ0v) is 11.6. The largest absolute Gasteiger partial charge is 0.451 e. The van der Waals surface area contributed by atoms with Gasteiger partial charge in [-0.05, 0) is 23.1 Å². The van der Waals surface area contributed by atoms with Gasteiger partial charge in [0.05, 0.1) is 7.11 Å². The highest BCUT2D eigenvalue weighted by Crippen LogP contribution is 2.23. The van der Waals surface area contributed by atoms with Gasteiger partial charge in [0.25, 0.3) is 0 Å². The molecule has 19 heavy (non-hydrogen) atoms. The molecule has 0 radical (unpaired) electrons. The predicted molar refractivity (Wildman–Crippen MR) is 72.6 cm³/mol. The number of nitrogens with zero attached hydrogens (tertiary/aromatic N) is 1. The maximum Gasteiger partial charge on any atom is 0.432 e. The van der Waals surface area contributed by atoms with Crippen LogP contribution in [0.5, 0.6) is 0 Å². The molecule has 0 atom stereocenters. The first-order chi connectivity index (χ1) is 8.75. The number of imide groups is 1. The number of nitrogens with two attached hydrogens (primary N) is 1. The Hall–Kier alpha value is -2.08. The lowest BCUT2D eigenvalue weighted by molar-refractivity contribution is 0.133. The van der Waals surface area contributed by atoms with Gasteiger partial charge in [0.15, 0.2) is 0 Å². The number of hydrogen-bond acceptors (Lipinski definition) is 4. The van der Waals surface area contributed by atoms with Crippen molar-refractivity contribution in [2.24, 2.45) is 5.84 Å². The van der Waals surface area contributed by atoms with E-state index in [9.17, 15) is 9.59 Å². The molecule has 0 spiro atoms. The fourth-order valence-corrected chi connectivity index (χ4v) is 1.42. The minimum atomic E-state index is -0.927. The molecule has 1 aromatic rings. The van der Waals surface area contributed by atoms with Gasteiger partial charge in [-0.2, -0.15) is 5.01 Å². The summed E-state index contributed by atoms with van der Waals surface area (Å²) in [7, 11) is 1.15. The monoisotopic (exact) mass is 265 g/mol. The third-order valence-corrected chi connectivity index (χ3v) is 2.59. The number of ether oxygens (including phenoxy) is 1. The first-order valence-electron chi connectivity index (χ1n) is 5.80. The number of benzene rings is 1. The van der Waals surface area contributed by atoms with Crippen LogP contribution in [0.1, 0.15) is 26.3 Å². The SMILES string of the molecule is COC(=O)N(N)C(=O)Nc1ccc(C(C)(C)C)cc1. The minimum absolute atomic E-state index is 0.0362. The molecule has 1 aromatic carbocycles. The van der Waals surface area contributed by atoms with Gasteiger partial charge in [-0.15, -0.1) is 0 Å². The summed E-state index contributed by atoms with van der Waals surface area (Å²) in [5.74, 6) is 5.27. The van der Waals surface area contributed by atoms with Crippen LogP contribution < -0.4 is 11.2 Å². The van der Waals surface area contributed by atoms with Crippen LogP contribution in [0.15, 0.2) is 24.3 Å². The fourth-order valence-electron chi connectivity index (χ4n) is 1.42. The van der Waals surface area contributed by atoms with E-state index in [0.29, 0.717) is 10.7 Å². The number of hydrogen-bond donors (Lipinski definition) is 2. The third-order valence-electron chi connectivity index (χ3n) is 2.59. The second kappa shape index (κ2) is 5.71. The number of rotatable bonds is 1. The Morgan fingerprint density at radius 1 is 1.21 bits per heavy atom. The lowest BCUT2D eigenvalue weighted by Crippen LogP contribution is -2.45. The highest BCUT2D eigenvalue weighted by Gasteiger charge is 2.18. The van der Waals surface area contributed by atoms with Gasteiger partial charge in [0.1, 0.15) is 0 Å². The standard InChI is InChI=1S/C13H19N3O3/c1-13(2,3)9-5-7-10(8-6-9)15-11(17)16(14)12(18)19-4/h5-8H,14H2,1-4H3,(H,15,17). The Bertz CT molecular complexity index is 463. The molecule has 6 nitrogen and oxygen atoms in total. The van der Waals surface area contributed by atoms with Gasteiger partial charge in [-0.1, -0.05) is 32.9 Å². The smallest absolute Gasteiger partial charge is 0.432 e. The van der Waals surface area contributed by atoms with Crippen molar-refractivity contribution in [3.63, 3.8) is 0 Å². The molecule has 0 aliphatic heterocycles. The van der Waals surface area contributed by atoms with E-state index in [1.54, 1.807) is 12.1 Å². The van der Waals surface area contributed by atoms with E-state index in [0.717, 1.165) is 12.7 Å². The number of carbonyl (C=O) groups excluding carboxylic acids is 2. The maximum atomic E-state index is 11.6. The molecule has 0 bridgehead atoms. The van der Waals surface area contributed by atoms with Crippen LogP contribution in [0.25, 0.3) is 0 Å². The summed E-state index contributed by atoms with van der Waals surface area (Å²) in [6, 6.07) is 6.58. The van der Waals surface area contributed by atoms with Crippen LogP contribution in [0.4, 0.5) is 15.3 Å². The zero-order valence-electron chi connectivity index (χ0n) is 11.6. The van der Waals surface area contributed by atoms with E-state index < -0.39 is 12.1 Å². The molecule has 0 saturated heterocycles. The third kappa shape index (κ3) is 3.96. The van der Waals surface area contributed by atoms with Crippen molar-refractivity contribution in [3.05, 3.63) is 29.8 Å². The number of nitrogens with one attached hydrogen (secondary N) is 1. The van der Waals surface area contributed by atoms with Gasteiger partial charge in [-0.25, -0.2) is 15.4 Å². The van der Waals surface area contributed by atoms with Gasteiger partial charge >= 0.3 is 12.1 Å². The molecule has 1 rings (SSSR count). The molecule has 6 heteroatoms. The molecule has 0 saturated carbocycles. The van der Waals surface area contributed by atoms with Crippen molar-refractivity contribution in [1.82, 2.24) is 5.01 Å². The Morgan fingerprint density at radius 3 is 2.16 bits per heavy atom. The van der Waals surface area contributed by atoms with Gasteiger partial charge in [0.2, 0.25) is 0 Å². The molecule has 3 amide bonds. The molecular weight excluding hydrogens is 246 g/mol. The molecule has 0 aromatic heterocycles. The van der Waals surface area contributed by atoms with Crippen molar-refractivity contribution < 1.29 is 14.3 Å². The lowest BCUT2D eigenvalue weighted by atomic mass is 9.87. The van der Waals surface area contributed by atoms with Crippen molar-refractivity contribution in [1.29, 1.82) is 0 Å². The first-order valence-corrected chi connectivity index (χ1v) is 5.80. The van der Waals surface area contributed by atoms with Crippen molar-refractivity contribution in [2.45, 2.75) is 26.2 Å². The lowest BCUT2D eigenvalue weighted by Gasteiger charge is -2.19. The minimum Gasteiger partial charge on any atom is -0.451 e. The quantitative estimate of drug-likeness (QED) is 0.464. The number of anilines is 1. The summed E-state index contributed by atoms with van der Waals surface area (Å²) < 4.78 is 4.34. The van der Waals surface area contributed by atoms with Crippen molar-refractivity contribution in [2.75, 3.05) is 12.4 Å². The average Bonchev–Trinajstić information content (AvgIpc) is 2.36. The van der Waals surface area contributed by atoms with Crippen molar-refractivity contribution >= 4 is 17.8 Å². The van der Waals surface area contributed by atoms with E-state index in [4.69, 9.17) is 5.84 Å². The normalized spacial score (nSPS) is 10.8. The van der Waals surface area contributed by atoms with Crippen LogP contribution in [0, 0.1) is 0 Å². The molecule has 3 N–H and O–H groups in total. The Labute approximate surface area is 112 Å². The molecular formula is C13H19N3O3. The zero-order chi connectivity index (χ0) is 14.6. The Balaban J connectivity index is 2.73. The number of methoxy groups -OCH3 is 1. The van der Waals surface area contributed by atoms with E-state index in [-0.39, 0.29) is 5.41 Å². The summed E-state index contributed by atoms with van der Waals surface area (Å²) in [5.41, 5.74) is 1.73. The molecule has 0 aliphatic carbocycles. The second-order valence-corrected chi connectivity index (χ2v) is 5.10. The summed E-state index contributed by atoms with van der Waals surface area (Å²) >= 11 is 0. The molecule has 104 valence electrons. The number of carbonyl (C=O) groups is 2.